The molecule has 2 aromatic carbocycles. The molecule has 0 radical (unpaired) electrons. The first kappa shape index (κ1) is 18.9. The van der Waals surface area contributed by atoms with Gasteiger partial charge in [0.05, 0.1) is 23.5 Å². The number of carbonyl (C=O) groups excluding carboxylic acids is 1. The maximum atomic E-state index is 12.2. The van der Waals surface area contributed by atoms with Crippen LogP contribution in [0, 0.1) is 0 Å². The lowest BCUT2D eigenvalue weighted by atomic mass is 10.1. The van der Waals surface area contributed by atoms with Crippen molar-refractivity contribution in [3.05, 3.63) is 69.8 Å². The molecule has 8 heteroatoms. The van der Waals surface area contributed by atoms with Crippen molar-refractivity contribution >= 4 is 35.3 Å². The average molecular weight is 403 g/mol. The molecule has 0 unspecified atom stereocenters. The lowest BCUT2D eigenvalue weighted by Gasteiger charge is -2.02. The van der Waals surface area contributed by atoms with Gasteiger partial charge in [-0.2, -0.15) is 10.2 Å². The van der Waals surface area contributed by atoms with E-state index < -0.39 is 5.91 Å². The summed E-state index contributed by atoms with van der Waals surface area (Å²) in [6.07, 6.45) is 1.54. The van der Waals surface area contributed by atoms with Crippen LogP contribution >= 0.6 is 23.2 Å². The number of carbonyl (C=O) groups is 1. The summed E-state index contributed by atoms with van der Waals surface area (Å²) in [5, 5.41) is 11.7. The summed E-state index contributed by atoms with van der Waals surface area (Å²) in [4.78, 5) is 12.2. The van der Waals surface area contributed by atoms with Crippen LogP contribution in [-0.4, -0.2) is 28.9 Å². The zero-order chi connectivity index (χ0) is 19.2. The van der Waals surface area contributed by atoms with Gasteiger partial charge in [-0.05, 0) is 61.0 Å². The Balaban J connectivity index is 1.64. The highest BCUT2D eigenvalue weighted by Crippen LogP contribution is 2.29. The molecule has 1 aromatic heterocycles. The number of aromatic amines is 1. The number of hydrogen-bond donors (Lipinski definition) is 2. The molecular weight excluding hydrogens is 387 g/mol. The number of ether oxygens (including phenoxy) is 1. The van der Waals surface area contributed by atoms with Crippen LogP contribution in [0.3, 0.4) is 0 Å². The number of hydrogen-bond acceptors (Lipinski definition) is 4. The molecule has 0 fully saturated rings. The molecule has 0 spiro atoms. The molecule has 0 saturated heterocycles. The molecule has 2 N–H and O–H groups in total. The van der Waals surface area contributed by atoms with Gasteiger partial charge in [0.25, 0.3) is 5.91 Å². The van der Waals surface area contributed by atoms with E-state index in [4.69, 9.17) is 27.9 Å². The second kappa shape index (κ2) is 8.70. The summed E-state index contributed by atoms with van der Waals surface area (Å²) in [6, 6.07) is 14.0. The smallest absolute Gasteiger partial charge is 0.289 e. The standard InChI is InChI=1S/C19H16Cl2N4O2/c1-2-27-14-6-3-12(4-7-14)11-22-25-19(26)18-10-17(23-24-18)15-8-5-13(20)9-16(15)21/h3-11H,2H2,1H3,(H,23,24)(H,25,26)/b22-11-. The van der Waals surface area contributed by atoms with E-state index in [1.165, 1.54) is 0 Å². The molecule has 3 aromatic rings. The van der Waals surface area contributed by atoms with Gasteiger partial charge in [0.1, 0.15) is 11.4 Å². The van der Waals surface area contributed by atoms with Crippen molar-refractivity contribution in [1.82, 2.24) is 15.6 Å². The summed E-state index contributed by atoms with van der Waals surface area (Å²) in [5.41, 5.74) is 4.76. The fourth-order valence-corrected chi connectivity index (χ4v) is 2.82. The Kier molecular flexibility index (Phi) is 6.11. The van der Waals surface area contributed by atoms with Gasteiger partial charge in [0, 0.05) is 10.6 Å². The van der Waals surface area contributed by atoms with Crippen LogP contribution < -0.4 is 10.2 Å². The highest BCUT2D eigenvalue weighted by molar-refractivity contribution is 6.36. The van der Waals surface area contributed by atoms with E-state index in [1.54, 1.807) is 30.5 Å². The Morgan fingerprint density at radius 3 is 2.70 bits per heavy atom. The number of hydrazone groups is 1. The number of amides is 1. The van der Waals surface area contributed by atoms with Gasteiger partial charge in [-0.1, -0.05) is 23.2 Å². The van der Waals surface area contributed by atoms with Gasteiger partial charge in [0.15, 0.2) is 0 Å². The van der Waals surface area contributed by atoms with Crippen molar-refractivity contribution in [3.63, 3.8) is 0 Å². The van der Waals surface area contributed by atoms with Crippen LogP contribution in [0.15, 0.2) is 53.6 Å². The predicted octanol–water partition coefficient (Wildman–Crippen LogP) is 4.55. The minimum atomic E-state index is -0.416. The Labute approximate surface area is 166 Å². The Hall–Kier alpha value is -2.83. The third kappa shape index (κ3) is 4.87. The molecule has 0 aliphatic carbocycles. The van der Waals surface area contributed by atoms with Crippen LogP contribution in [0.1, 0.15) is 23.0 Å². The van der Waals surface area contributed by atoms with Crippen LogP contribution in [-0.2, 0) is 0 Å². The zero-order valence-electron chi connectivity index (χ0n) is 14.4. The van der Waals surface area contributed by atoms with Gasteiger partial charge in [-0.15, -0.1) is 0 Å². The summed E-state index contributed by atoms with van der Waals surface area (Å²) >= 11 is 12.1. The monoisotopic (exact) mass is 402 g/mol. The number of nitrogens with one attached hydrogen (secondary N) is 2. The lowest BCUT2D eigenvalue weighted by Crippen LogP contribution is -2.17. The Morgan fingerprint density at radius 1 is 1.22 bits per heavy atom. The molecule has 0 atom stereocenters. The molecule has 6 nitrogen and oxygen atoms in total. The normalized spacial score (nSPS) is 10.9. The van der Waals surface area contributed by atoms with Gasteiger partial charge >= 0.3 is 0 Å². The topological polar surface area (TPSA) is 79.4 Å². The van der Waals surface area contributed by atoms with Crippen molar-refractivity contribution in [3.8, 4) is 17.0 Å². The first-order valence-corrected chi connectivity index (χ1v) is 8.89. The van der Waals surface area contributed by atoms with Gasteiger partial charge < -0.3 is 4.74 Å². The third-order valence-electron chi connectivity index (χ3n) is 3.60. The molecule has 3 rings (SSSR count). The molecule has 138 valence electrons. The Bertz CT molecular complexity index is 968. The minimum absolute atomic E-state index is 0.264. The molecule has 27 heavy (non-hydrogen) atoms. The summed E-state index contributed by atoms with van der Waals surface area (Å²) in [5.74, 6) is 0.366. The molecule has 0 saturated carbocycles. The molecule has 0 bridgehead atoms. The van der Waals surface area contributed by atoms with Crippen molar-refractivity contribution in [2.24, 2.45) is 5.10 Å². The van der Waals surface area contributed by atoms with Crippen molar-refractivity contribution in [2.45, 2.75) is 6.92 Å². The number of benzene rings is 2. The second-order valence-electron chi connectivity index (χ2n) is 5.49. The van der Waals surface area contributed by atoms with Crippen LogP contribution in [0.5, 0.6) is 5.75 Å². The maximum absolute atomic E-state index is 12.2. The largest absolute Gasteiger partial charge is 0.494 e. The second-order valence-corrected chi connectivity index (χ2v) is 6.34. The number of aromatic nitrogens is 2. The quantitative estimate of drug-likeness (QED) is 0.468. The van der Waals surface area contributed by atoms with E-state index in [2.05, 4.69) is 20.7 Å². The van der Waals surface area contributed by atoms with E-state index in [0.717, 1.165) is 11.3 Å². The summed E-state index contributed by atoms with van der Waals surface area (Å²) in [6.45, 7) is 2.53. The van der Waals surface area contributed by atoms with E-state index in [0.29, 0.717) is 27.9 Å². The van der Waals surface area contributed by atoms with Crippen molar-refractivity contribution < 1.29 is 9.53 Å². The minimum Gasteiger partial charge on any atom is -0.494 e. The molecular formula is C19H16Cl2N4O2. The first-order chi connectivity index (χ1) is 13.1. The van der Waals surface area contributed by atoms with E-state index in [1.807, 2.05) is 31.2 Å². The SMILES string of the molecule is CCOc1ccc(/C=N\NC(=O)c2cc(-c3ccc(Cl)cc3Cl)n[nH]2)cc1. The van der Waals surface area contributed by atoms with Crippen LogP contribution in [0.4, 0.5) is 0 Å². The first-order valence-electron chi connectivity index (χ1n) is 8.14. The predicted molar refractivity (Wildman–Crippen MR) is 107 cm³/mol. The fraction of sp³-hybridized carbons (Fsp3) is 0.105. The summed E-state index contributed by atoms with van der Waals surface area (Å²) < 4.78 is 5.37. The molecule has 0 aliphatic heterocycles. The molecule has 0 aliphatic rings. The van der Waals surface area contributed by atoms with Crippen LogP contribution in [0.25, 0.3) is 11.3 Å². The molecule has 1 amide bonds. The average Bonchev–Trinajstić information content (AvgIpc) is 3.13. The zero-order valence-corrected chi connectivity index (χ0v) is 15.9. The van der Waals surface area contributed by atoms with E-state index in [-0.39, 0.29) is 5.69 Å². The van der Waals surface area contributed by atoms with Crippen molar-refractivity contribution in [2.75, 3.05) is 6.61 Å². The van der Waals surface area contributed by atoms with E-state index >= 15 is 0 Å². The number of rotatable bonds is 6. The van der Waals surface area contributed by atoms with Gasteiger partial charge in [-0.3, -0.25) is 9.89 Å². The number of nitrogens with zero attached hydrogens (tertiary/aromatic N) is 2. The summed E-state index contributed by atoms with van der Waals surface area (Å²) in [7, 11) is 0. The fourth-order valence-electron chi connectivity index (χ4n) is 2.32. The highest BCUT2D eigenvalue weighted by Gasteiger charge is 2.12. The highest BCUT2D eigenvalue weighted by atomic mass is 35.5. The third-order valence-corrected chi connectivity index (χ3v) is 4.15. The van der Waals surface area contributed by atoms with Crippen LogP contribution in [0.2, 0.25) is 10.0 Å². The van der Waals surface area contributed by atoms with Crippen molar-refractivity contribution in [1.29, 1.82) is 0 Å². The van der Waals surface area contributed by atoms with E-state index in [9.17, 15) is 4.79 Å². The number of H-pyrrole nitrogens is 1. The number of halogens is 2. The van der Waals surface area contributed by atoms with Gasteiger partial charge in [0.2, 0.25) is 0 Å². The Morgan fingerprint density at radius 2 is 2.00 bits per heavy atom. The molecule has 1 heterocycles. The lowest BCUT2D eigenvalue weighted by molar-refractivity contribution is 0.0950. The maximum Gasteiger partial charge on any atom is 0.289 e. The van der Waals surface area contributed by atoms with Gasteiger partial charge in [-0.25, -0.2) is 5.43 Å².